The third kappa shape index (κ3) is 3.23. The van der Waals surface area contributed by atoms with Gasteiger partial charge in [-0.25, -0.2) is 0 Å². The van der Waals surface area contributed by atoms with E-state index < -0.39 is 0 Å². The molecule has 0 amide bonds. The Kier molecular flexibility index (Phi) is 4.60. The third-order valence-corrected chi connectivity index (χ3v) is 4.13. The van der Waals surface area contributed by atoms with E-state index in [0.717, 1.165) is 0 Å². The van der Waals surface area contributed by atoms with Crippen molar-refractivity contribution in [2.24, 2.45) is 11.8 Å². The lowest BCUT2D eigenvalue weighted by atomic mass is 9.81. The SMILES string of the molecule is CNC(C)C1=CC(C2C=C(C)C=CCC2)CC=C1. The molecule has 0 aromatic rings. The van der Waals surface area contributed by atoms with E-state index in [9.17, 15) is 0 Å². The first kappa shape index (κ1) is 13.4. The smallest absolute Gasteiger partial charge is 0.0285 e. The van der Waals surface area contributed by atoms with Crippen LogP contribution in [-0.4, -0.2) is 13.1 Å². The molecule has 1 heteroatoms. The summed E-state index contributed by atoms with van der Waals surface area (Å²) in [7, 11) is 2.03. The predicted molar refractivity (Wildman–Crippen MR) is 79.5 cm³/mol. The lowest BCUT2D eigenvalue weighted by Gasteiger charge is -2.26. The molecule has 1 nitrogen and oxygen atoms in total. The van der Waals surface area contributed by atoms with Crippen LogP contribution in [0.25, 0.3) is 0 Å². The Labute approximate surface area is 111 Å². The quantitative estimate of drug-likeness (QED) is 0.789. The Morgan fingerprint density at radius 1 is 1.17 bits per heavy atom. The van der Waals surface area contributed by atoms with Crippen molar-refractivity contribution in [3.05, 3.63) is 47.6 Å². The minimum Gasteiger partial charge on any atom is -0.313 e. The summed E-state index contributed by atoms with van der Waals surface area (Å²) in [5.41, 5.74) is 2.86. The standard InChI is InChI=1S/C17H25N/c1-13-7-4-5-8-16(11-13)17-10-6-9-15(12-17)14(2)18-3/h4,6-7,9,11-12,14,16-18H,5,8,10H2,1-3H3. The fourth-order valence-electron chi connectivity index (χ4n) is 2.86. The highest BCUT2D eigenvalue weighted by Crippen LogP contribution is 2.31. The number of hydrogen-bond donors (Lipinski definition) is 1. The number of allylic oxidation sites excluding steroid dienone is 6. The van der Waals surface area contributed by atoms with Crippen molar-refractivity contribution in [1.82, 2.24) is 5.32 Å². The molecule has 0 fully saturated rings. The maximum absolute atomic E-state index is 3.33. The van der Waals surface area contributed by atoms with Gasteiger partial charge in [0.2, 0.25) is 0 Å². The van der Waals surface area contributed by atoms with E-state index in [0.29, 0.717) is 17.9 Å². The van der Waals surface area contributed by atoms with Gasteiger partial charge in [0.1, 0.15) is 0 Å². The van der Waals surface area contributed by atoms with Gasteiger partial charge in [-0.1, -0.05) is 42.0 Å². The van der Waals surface area contributed by atoms with Crippen molar-refractivity contribution in [2.45, 2.75) is 39.2 Å². The molecule has 98 valence electrons. The molecular weight excluding hydrogens is 218 g/mol. The molecule has 0 saturated carbocycles. The van der Waals surface area contributed by atoms with E-state index in [4.69, 9.17) is 0 Å². The molecule has 0 spiro atoms. The van der Waals surface area contributed by atoms with Crippen LogP contribution in [0.3, 0.4) is 0 Å². The Bertz CT molecular complexity index is 398. The summed E-state index contributed by atoms with van der Waals surface area (Å²) in [6.45, 7) is 4.45. The summed E-state index contributed by atoms with van der Waals surface area (Å²) < 4.78 is 0. The molecule has 0 aliphatic heterocycles. The second-order valence-electron chi connectivity index (χ2n) is 5.53. The highest BCUT2D eigenvalue weighted by Gasteiger charge is 2.20. The molecule has 18 heavy (non-hydrogen) atoms. The number of likely N-dealkylation sites (N-methyl/N-ethyl adjacent to an activating group) is 1. The summed E-state index contributed by atoms with van der Waals surface area (Å²) >= 11 is 0. The molecule has 0 aromatic carbocycles. The Morgan fingerprint density at radius 3 is 2.78 bits per heavy atom. The zero-order chi connectivity index (χ0) is 13.0. The van der Waals surface area contributed by atoms with Gasteiger partial charge in [0, 0.05) is 6.04 Å². The Balaban J connectivity index is 2.12. The first-order valence-electron chi connectivity index (χ1n) is 7.11. The van der Waals surface area contributed by atoms with Gasteiger partial charge >= 0.3 is 0 Å². The van der Waals surface area contributed by atoms with Gasteiger partial charge in [0.25, 0.3) is 0 Å². The number of hydrogen-bond acceptors (Lipinski definition) is 1. The molecule has 1 N–H and O–H groups in total. The van der Waals surface area contributed by atoms with E-state index in [-0.39, 0.29) is 0 Å². The van der Waals surface area contributed by atoms with E-state index >= 15 is 0 Å². The minimum atomic E-state index is 0.457. The summed E-state index contributed by atoms with van der Waals surface area (Å²) in [5.74, 6) is 1.37. The van der Waals surface area contributed by atoms with Gasteiger partial charge in [0.05, 0.1) is 0 Å². The first-order valence-corrected chi connectivity index (χ1v) is 7.11. The second-order valence-corrected chi connectivity index (χ2v) is 5.53. The van der Waals surface area contributed by atoms with Gasteiger partial charge in [-0.3, -0.25) is 0 Å². The molecule has 0 heterocycles. The number of nitrogens with one attached hydrogen (secondary N) is 1. The van der Waals surface area contributed by atoms with Crippen molar-refractivity contribution in [2.75, 3.05) is 7.05 Å². The van der Waals surface area contributed by atoms with Crippen LogP contribution in [0.15, 0.2) is 47.6 Å². The fourth-order valence-corrected chi connectivity index (χ4v) is 2.86. The van der Waals surface area contributed by atoms with Crippen molar-refractivity contribution < 1.29 is 0 Å². The number of rotatable bonds is 3. The van der Waals surface area contributed by atoms with Crippen LogP contribution >= 0.6 is 0 Å². The van der Waals surface area contributed by atoms with Crippen LogP contribution in [0, 0.1) is 11.8 Å². The molecular formula is C17H25N. The van der Waals surface area contributed by atoms with Crippen LogP contribution in [0.5, 0.6) is 0 Å². The average molecular weight is 243 g/mol. The monoisotopic (exact) mass is 243 g/mol. The zero-order valence-corrected chi connectivity index (χ0v) is 11.8. The van der Waals surface area contributed by atoms with E-state index in [1.807, 2.05) is 7.05 Å². The molecule has 3 unspecified atom stereocenters. The summed E-state index contributed by atoms with van der Waals surface area (Å²) in [5, 5.41) is 3.33. The predicted octanol–water partition coefficient (Wildman–Crippen LogP) is 4.01. The van der Waals surface area contributed by atoms with E-state index in [2.05, 4.69) is 55.6 Å². The lowest BCUT2D eigenvalue weighted by Crippen LogP contribution is -2.25. The molecule has 2 aliphatic rings. The lowest BCUT2D eigenvalue weighted by molar-refractivity contribution is 0.444. The molecule has 0 saturated heterocycles. The van der Waals surface area contributed by atoms with E-state index in [1.54, 1.807) is 0 Å². The van der Waals surface area contributed by atoms with Crippen LogP contribution in [0.4, 0.5) is 0 Å². The van der Waals surface area contributed by atoms with Gasteiger partial charge < -0.3 is 5.32 Å². The normalized spacial score (nSPS) is 29.5. The largest absolute Gasteiger partial charge is 0.313 e. The average Bonchev–Trinajstić information content (AvgIpc) is 2.62. The maximum Gasteiger partial charge on any atom is 0.0285 e. The van der Waals surface area contributed by atoms with Crippen LogP contribution in [0.2, 0.25) is 0 Å². The van der Waals surface area contributed by atoms with Crippen molar-refractivity contribution in [3.63, 3.8) is 0 Å². The van der Waals surface area contributed by atoms with Crippen LogP contribution in [0.1, 0.15) is 33.1 Å². The van der Waals surface area contributed by atoms with Gasteiger partial charge in [-0.15, -0.1) is 0 Å². The Morgan fingerprint density at radius 2 is 2.00 bits per heavy atom. The van der Waals surface area contributed by atoms with E-state index in [1.165, 1.54) is 30.4 Å². The summed E-state index contributed by atoms with van der Waals surface area (Å²) in [6.07, 6.45) is 17.8. The summed E-state index contributed by atoms with van der Waals surface area (Å²) in [4.78, 5) is 0. The summed E-state index contributed by atoms with van der Waals surface area (Å²) in [6, 6.07) is 0.457. The van der Waals surface area contributed by atoms with Crippen molar-refractivity contribution in [1.29, 1.82) is 0 Å². The molecule has 0 radical (unpaired) electrons. The molecule has 2 aliphatic carbocycles. The zero-order valence-electron chi connectivity index (χ0n) is 11.8. The second kappa shape index (κ2) is 6.19. The molecule has 2 rings (SSSR count). The van der Waals surface area contributed by atoms with Crippen molar-refractivity contribution in [3.8, 4) is 0 Å². The third-order valence-electron chi connectivity index (χ3n) is 4.13. The fraction of sp³-hybridized carbons (Fsp3) is 0.529. The molecule has 0 aromatic heterocycles. The minimum absolute atomic E-state index is 0.457. The van der Waals surface area contributed by atoms with Gasteiger partial charge in [-0.05, 0) is 57.6 Å². The highest BCUT2D eigenvalue weighted by atomic mass is 14.9. The van der Waals surface area contributed by atoms with Gasteiger partial charge in [-0.2, -0.15) is 0 Å². The van der Waals surface area contributed by atoms with Crippen LogP contribution < -0.4 is 5.32 Å². The van der Waals surface area contributed by atoms with Gasteiger partial charge in [0.15, 0.2) is 0 Å². The topological polar surface area (TPSA) is 12.0 Å². The first-order chi connectivity index (χ1) is 8.70. The molecule has 0 bridgehead atoms. The Hall–Kier alpha value is -1.08. The molecule has 3 atom stereocenters. The maximum atomic E-state index is 3.33. The van der Waals surface area contributed by atoms with Crippen LogP contribution in [-0.2, 0) is 0 Å². The van der Waals surface area contributed by atoms with Crippen molar-refractivity contribution >= 4 is 0 Å². The highest BCUT2D eigenvalue weighted by molar-refractivity contribution is 5.30.